The molecule has 0 N–H and O–H groups in total. The molecule has 0 amide bonds. The first-order valence-electron chi connectivity index (χ1n) is 4.94. The van der Waals surface area contributed by atoms with Crippen molar-refractivity contribution in [1.82, 2.24) is 9.38 Å². The second-order valence-corrected chi connectivity index (χ2v) is 3.97. The Labute approximate surface area is 97.6 Å². The van der Waals surface area contributed by atoms with Gasteiger partial charge in [-0.05, 0) is 19.2 Å². The van der Waals surface area contributed by atoms with Crippen molar-refractivity contribution in [2.45, 2.75) is 11.9 Å². The van der Waals surface area contributed by atoms with Gasteiger partial charge < -0.3 is 9.14 Å². The number of carbonyl (C=O) groups is 1. The molecule has 0 saturated carbocycles. The highest BCUT2D eigenvalue weighted by Crippen LogP contribution is 2.20. The first-order chi connectivity index (χ1) is 7.76. The molecule has 84 valence electrons. The fraction of sp³-hybridized carbons (Fsp3) is 0.273. The lowest BCUT2D eigenvalue weighted by molar-refractivity contribution is 0.0526. The summed E-state index contributed by atoms with van der Waals surface area (Å²) in [7, 11) is 0. The Morgan fingerprint density at radius 1 is 1.62 bits per heavy atom. The van der Waals surface area contributed by atoms with Gasteiger partial charge in [0.05, 0.1) is 17.7 Å². The van der Waals surface area contributed by atoms with Gasteiger partial charge in [0.1, 0.15) is 5.03 Å². The molecule has 0 fully saturated rings. The van der Waals surface area contributed by atoms with Crippen molar-refractivity contribution in [3.8, 4) is 0 Å². The minimum atomic E-state index is -0.293. The molecule has 0 aromatic carbocycles. The predicted octanol–water partition coefficient (Wildman–Crippen LogP) is 2.23. The van der Waals surface area contributed by atoms with E-state index >= 15 is 0 Å². The van der Waals surface area contributed by atoms with Crippen molar-refractivity contribution in [1.29, 1.82) is 0 Å². The molecule has 0 aliphatic carbocycles. The van der Waals surface area contributed by atoms with Gasteiger partial charge >= 0.3 is 5.97 Å². The monoisotopic (exact) mass is 236 g/mol. The van der Waals surface area contributed by atoms with E-state index < -0.39 is 0 Å². The van der Waals surface area contributed by atoms with Crippen LogP contribution in [-0.2, 0) is 4.74 Å². The fourth-order valence-electron chi connectivity index (χ4n) is 1.50. The Balaban J connectivity index is 2.47. The summed E-state index contributed by atoms with van der Waals surface area (Å²) >= 11 is 1.55. The molecule has 0 atom stereocenters. The quantitative estimate of drug-likeness (QED) is 0.605. The highest BCUT2D eigenvalue weighted by atomic mass is 32.2. The highest BCUT2D eigenvalue weighted by Gasteiger charge is 2.11. The molecule has 0 aliphatic heterocycles. The maximum atomic E-state index is 11.6. The van der Waals surface area contributed by atoms with Crippen molar-refractivity contribution in [3.05, 3.63) is 30.2 Å². The molecule has 16 heavy (non-hydrogen) atoms. The Bertz CT molecular complexity index is 522. The van der Waals surface area contributed by atoms with E-state index in [1.165, 1.54) is 0 Å². The first-order valence-corrected chi connectivity index (χ1v) is 6.16. The molecule has 2 aromatic rings. The Morgan fingerprint density at radius 3 is 3.12 bits per heavy atom. The van der Waals surface area contributed by atoms with Crippen LogP contribution in [0.25, 0.3) is 5.52 Å². The van der Waals surface area contributed by atoms with E-state index in [1.807, 2.05) is 16.9 Å². The van der Waals surface area contributed by atoms with Crippen LogP contribution in [0, 0.1) is 0 Å². The Kier molecular flexibility index (Phi) is 3.14. The average molecular weight is 236 g/mol. The number of aromatic nitrogens is 2. The van der Waals surface area contributed by atoms with Crippen LogP contribution in [0.5, 0.6) is 0 Å². The number of fused-ring (bicyclic) bond motifs is 1. The summed E-state index contributed by atoms with van der Waals surface area (Å²) < 4.78 is 6.83. The smallest absolute Gasteiger partial charge is 0.339 e. The third-order valence-corrected chi connectivity index (χ3v) is 2.89. The van der Waals surface area contributed by atoms with Gasteiger partial charge in [-0.25, -0.2) is 9.78 Å². The minimum absolute atomic E-state index is 0.293. The summed E-state index contributed by atoms with van der Waals surface area (Å²) in [5.41, 5.74) is 1.49. The van der Waals surface area contributed by atoms with E-state index in [1.54, 1.807) is 37.1 Å². The number of carbonyl (C=O) groups excluding carboxylic acids is 1. The van der Waals surface area contributed by atoms with Crippen molar-refractivity contribution in [2.75, 3.05) is 12.9 Å². The van der Waals surface area contributed by atoms with Crippen LogP contribution in [0.3, 0.4) is 0 Å². The van der Waals surface area contributed by atoms with Gasteiger partial charge in [-0.3, -0.25) is 0 Å². The molecular weight excluding hydrogens is 224 g/mol. The normalized spacial score (nSPS) is 10.6. The van der Waals surface area contributed by atoms with Crippen LogP contribution in [0.1, 0.15) is 17.3 Å². The molecule has 0 aliphatic rings. The van der Waals surface area contributed by atoms with Gasteiger partial charge in [0, 0.05) is 18.6 Å². The molecule has 0 spiro atoms. The van der Waals surface area contributed by atoms with Crippen LogP contribution >= 0.6 is 11.8 Å². The molecule has 2 rings (SSSR count). The molecule has 0 saturated heterocycles. The number of rotatable bonds is 3. The van der Waals surface area contributed by atoms with E-state index in [0.29, 0.717) is 12.2 Å². The summed E-state index contributed by atoms with van der Waals surface area (Å²) in [6.07, 6.45) is 7.25. The summed E-state index contributed by atoms with van der Waals surface area (Å²) in [5.74, 6) is -0.293. The SMILES string of the molecule is CCOC(=O)c1cc2c(SC)nccn2c1. The van der Waals surface area contributed by atoms with E-state index in [-0.39, 0.29) is 5.97 Å². The maximum Gasteiger partial charge on any atom is 0.339 e. The number of esters is 1. The van der Waals surface area contributed by atoms with Crippen molar-refractivity contribution in [3.63, 3.8) is 0 Å². The molecule has 0 radical (unpaired) electrons. The number of nitrogens with zero attached hydrogens (tertiary/aromatic N) is 2. The van der Waals surface area contributed by atoms with Crippen molar-refractivity contribution >= 4 is 23.2 Å². The molecule has 2 heterocycles. The molecule has 0 unspecified atom stereocenters. The second kappa shape index (κ2) is 4.57. The molecule has 2 aromatic heterocycles. The van der Waals surface area contributed by atoms with Gasteiger partial charge in [-0.2, -0.15) is 0 Å². The standard InChI is InChI=1S/C11H12N2O2S/c1-3-15-11(14)8-6-9-10(16-2)12-4-5-13(9)7-8/h4-7H,3H2,1-2H3. The number of hydrogen-bond acceptors (Lipinski definition) is 4. The first kappa shape index (κ1) is 11.0. The number of ether oxygens (including phenoxy) is 1. The van der Waals surface area contributed by atoms with Crippen LogP contribution in [-0.4, -0.2) is 28.2 Å². The summed E-state index contributed by atoms with van der Waals surface area (Å²) in [4.78, 5) is 15.8. The van der Waals surface area contributed by atoms with Crippen LogP contribution in [0.4, 0.5) is 0 Å². The molecule has 0 bridgehead atoms. The van der Waals surface area contributed by atoms with Gasteiger partial charge in [0.2, 0.25) is 0 Å². The van der Waals surface area contributed by atoms with Gasteiger partial charge in [0.15, 0.2) is 0 Å². The van der Waals surface area contributed by atoms with Crippen LogP contribution in [0.2, 0.25) is 0 Å². The molecule has 4 nitrogen and oxygen atoms in total. The highest BCUT2D eigenvalue weighted by molar-refractivity contribution is 7.98. The number of thioether (sulfide) groups is 1. The zero-order valence-electron chi connectivity index (χ0n) is 9.14. The lowest BCUT2D eigenvalue weighted by Crippen LogP contribution is -2.02. The molecular formula is C11H12N2O2S. The summed E-state index contributed by atoms with van der Waals surface area (Å²) in [6, 6.07) is 1.80. The van der Waals surface area contributed by atoms with E-state index in [2.05, 4.69) is 4.98 Å². The summed E-state index contributed by atoms with van der Waals surface area (Å²) in [6.45, 7) is 2.18. The minimum Gasteiger partial charge on any atom is -0.462 e. The van der Waals surface area contributed by atoms with E-state index in [0.717, 1.165) is 10.5 Å². The van der Waals surface area contributed by atoms with Crippen LogP contribution in [0.15, 0.2) is 29.7 Å². The van der Waals surface area contributed by atoms with Crippen molar-refractivity contribution < 1.29 is 9.53 Å². The second-order valence-electron chi connectivity index (χ2n) is 3.18. The van der Waals surface area contributed by atoms with Crippen molar-refractivity contribution in [2.24, 2.45) is 0 Å². The topological polar surface area (TPSA) is 43.6 Å². The maximum absolute atomic E-state index is 11.6. The summed E-state index contributed by atoms with van der Waals surface area (Å²) in [5, 5.41) is 0.901. The van der Waals surface area contributed by atoms with E-state index in [9.17, 15) is 4.79 Å². The van der Waals surface area contributed by atoms with Gasteiger partial charge in [-0.1, -0.05) is 0 Å². The predicted molar refractivity (Wildman–Crippen MR) is 62.9 cm³/mol. The number of hydrogen-bond donors (Lipinski definition) is 0. The third-order valence-electron chi connectivity index (χ3n) is 2.19. The Hall–Kier alpha value is -1.49. The van der Waals surface area contributed by atoms with Gasteiger partial charge in [0.25, 0.3) is 0 Å². The van der Waals surface area contributed by atoms with E-state index in [4.69, 9.17) is 4.74 Å². The zero-order valence-corrected chi connectivity index (χ0v) is 9.95. The van der Waals surface area contributed by atoms with Gasteiger partial charge in [-0.15, -0.1) is 11.8 Å². The largest absolute Gasteiger partial charge is 0.462 e. The molecule has 5 heteroatoms. The van der Waals surface area contributed by atoms with Crippen LogP contribution < -0.4 is 0 Å². The third kappa shape index (κ3) is 1.90. The lowest BCUT2D eigenvalue weighted by atomic mass is 10.3. The lowest BCUT2D eigenvalue weighted by Gasteiger charge is -1.97. The average Bonchev–Trinajstić information content (AvgIpc) is 2.72. The Morgan fingerprint density at radius 2 is 2.44 bits per heavy atom. The zero-order chi connectivity index (χ0) is 11.5. The fourth-order valence-corrected chi connectivity index (χ4v) is 2.04.